The van der Waals surface area contributed by atoms with Gasteiger partial charge in [0.1, 0.15) is 0 Å². The molecule has 1 saturated heterocycles. The van der Waals surface area contributed by atoms with E-state index in [0.717, 1.165) is 11.0 Å². The molecule has 180 valence electrons. The minimum atomic E-state index is -4.70. The Hall–Kier alpha value is -3.79. The van der Waals surface area contributed by atoms with Gasteiger partial charge in [-0.1, -0.05) is 11.6 Å². The number of amides is 1. The number of anilines is 1. The first-order valence-electron chi connectivity index (χ1n) is 10.7. The maximum absolute atomic E-state index is 14.2. The fraction of sp³-hybridized carbons (Fsp3) is 0.208. The Morgan fingerprint density at radius 1 is 1.00 bits per heavy atom. The Kier molecular flexibility index (Phi) is 5.55. The van der Waals surface area contributed by atoms with E-state index in [9.17, 15) is 22.8 Å². The third kappa shape index (κ3) is 4.14. The highest BCUT2D eigenvalue weighted by Crippen LogP contribution is 2.39. The van der Waals surface area contributed by atoms with Gasteiger partial charge in [0.05, 0.1) is 22.3 Å². The van der Waals surface area contributed by atoms with Crippen LogP contribution in [-0.2, 0) is 6.18 Å². The van der Waals surface area contributed by atoms with Gasteiger partial charge in [-0.15, -0.1) is 0 Å². The third-order valence-electron chi connectivity index (χ3n) is 6.11. The molecule has 1 aliphatic rings. The van der Waals surface area contributed by atoms with Crippen LogP contribution in [0.2, 0.25) is 5.02 Å². The minimum Gasteiger partial charge on any atom is -0.465 e. The van der Waals surface area contributed by atoms with E-state index in [1.807, 2.05) is 0 Å². The van der Waals surface area contributed by atoms with Crippen LogP contribution >= 0.6 is 11.6 Å². The van der Waals surface area contributed by atoms with Gasteiger partial charge in [0.15, 0.2) is 0 Å². The number of piperazine rings is 1. The zero-order chi connectivity index (χ0) is 24.9. The van der Waals surface area contributed by atoms with E-state index in [1.54, 1.807) is 30.5 Å². The van der Waals surface area contributed by atoms with Crippen molar-refractivity contribution < 1.29 is 23.1 Å². The molecule has 7 nitrogen and oxygen atoms in total. The summed E-state index contributed by atoms with van der Waals surface area (Å²) in [4.78, 5) is 31.2. The summed E-state index contributed by atoms with van der Waals surface area (Å²) in [6, 6.07) is 11.6. The highest BCUT2D eigenvalue weighted by molar-refractivity contribution is 6.31. The maximum Gasteiger partial charge on any atom is 0.418 e. The lowest BCUT2D eigenvalue weighted by molar-refractivity contribution is -0.137. The van der Waals surface area contributed by atoms with E-state index >= 15 is 0 Å². The molecular weight excluding hydrogens is 485 g/mol. The van der Waals surface area contributed by atoms with Crippen molar-refractivity contribution in [2.45, 2.75) is 6.18 Å². The zero-order valence-corrected chi connectivity index (χ0v) is 18.8. The third-order valence-corrected chi connectivity index (χ3v) is 6.35. The molecule has 4 aromatic rings. The van der Waals surface area contributed by atoms with Crippen LogP contribution < -0.4 is 10.5 Å². The summed E-state index contributed by atoms with van der Waals surface area (Å²) >= 11 is 6.17. The molecule has 2 aromatic heterocycles. The number of aromatic nitrogens is 2. The first-order chi connectivity index (χ1) is 16.6. The molecule has 0 radical (unpaired) electrons. The van der Waals surface area contributed by atoms with Crippen LogP contribution in [0.1, 0.15) is 5.56 Å². The Bertz CT molecular complexity index is 1530. The summed E-state index contributed by atoms with van der Waals surface area (Å²) in [5, 5.41) is 10.6. The lowest BCUT2D eigenvalue weighted by Crippen LogP contribution is -2.48. The molecule has 0 unspecified atom stereocenters. The molecule has 2 aromatic carbocycles. The second kappa shape index (κ2) is 8.46. The van der Waals surface area contributed by atoms with E-state index in [4.69, 9.17) is 16.7 Å². The van der Waals surface area contributed by atoms with Gasteiger partial charge in [-0.25, -0.2) is 4.79 Å². The molecule has 1 fully saturated rings. The maximum atomic E-state index is 14.2. The monoisotopic (exact) mass is 502 g/mol. The van der Waals surface area contributed by atoms with Gasteiger partial charge in [0.25, 0.3) is 5.56 Å². The molecule has 5 rings (SSSR count). The standard InChI is InChI=1S/C24H18ClF3N4O3/c25-15-2-4-19-17(11-15)22-14(13-29-19)1-6-21(33)32(22)16-3-5-20(18(12-16)24(26,27)28)30-7-9-31(10-8-30)23(34)35/h1-6,11-13H,7-10H2,(H,34,35). The first-order valence-corrected chi connectivity index (χ1v) is 11.1. The van der Waals surface area contributed by atoms with Crippen LogP contribution in [0.4, 0.5) is 23.7 Å². The number of carbonyl (C=O) groups is 1. The van der Waals surface area contributed by atoms with Crippen LogP contribution in [0, 0.1) is 0 Å². The zero-order valence-electron chi connectivity index (χ0n) is 18.1. The normalized spacial score (nSPS) is 14.6. The van der Waals surface area contributed by atoms with Crippen molar-refractivity contribution in [3.63, 3.8) is 0 Å². The van der Waals surface area contributed by atoms with E-state index < -0.39 is 23.4 Å². The summed E-state index contributed by atoms with van der Waals surface area (Å²) in [6.45, 7) is 0.434. The molecule has 0 aliphatic carbocycles. The SMILES string of the molecule is O=C(O)N1CCN(c2ccc(-n3c(=O)ccc4cnc5ccc(Cl)cc5c43)cc2C(F)(F)F)CC1. The number of hydrogen-bond acceptors (Lipinski definition) is 4. The lowest BCUT2D eigenvalue weighted by Gasteiger charge is -2.36. The smallest absolute Gasteiger partial charge is 0.418 e. The molecular formula is C24H18ClF3N4O3. The van der Waals surface area contributed by atoms with Gasteiger partial charge in [-0.05, 0) is 42.5 Å². The number of carboxylic acid groups (broad SMARTS) is 1. The molecule has 0 bridgehead atoms. The summed E-state index contributed by atoms with van der Waals surface area (Å²) in [5.41, 5.74) is -0.464. The van der Waals surface area contributed by atoms with Crippen LogP contribution in [0.3, 0.4) is 0 Å². The topological polar surface area (TPSA) is 78.7 Å². The van der Waals surface area contributed by atoms with E-state index in [-0.39, 0.29) is 37.6 Å². The predicted octanol–water partition coefficient (Wildman–Crippen LogP) is 5.01. The van der Waals surface area contributed by atoms with Gasteiger partial charge in [-0.3, -0.25) is 14.3 Å². The average Bonchev–Trinajstić information content (AvgIpc) is 2.83. The first kappa shape index (κ1) is 23.0. The van der Waals surface area contributed by atoms with Crippen molar-refractivity contribution in [1.82, 2.24) is 14.5 Å². The number of alkyl halides is 3. The van der Waals surface area contributed by atoms with E-state index in [2.05, 4.69) is 4.98 Å². The second-order valence-corrected chi connectivity index (χ2v) is 8.62. The van der Waals surface area contributed by atoms with Gasteiger partial charge in [-0.2, -0.15) is 13.2 Å². The van der Waals surface area contributed by atoms with Gasteiger partial charge in [0, 0.05) is 59.9 Å². The fourth-order valence-electron chi connectivity index (χ4n) is 4.44. The van der Waals surface area contributed by atoms with Gasteiger partial charge < -0.3 is 14.9 Å². The summed E-state index contributed by atoms with van der Waals surface area (Å²) in [5.74, 6) is 0. The number of hydrogen-bond donors (Lipinski definition) is 1. The van der Waals surface area contributed by atoms with Crippen LogP contribution in [0.5, 0.6) is 0 Å². The molecule has 0 saturated carbocycles. The average molecular weight is 503 g/mol. The van der Waals surface area contributed by atoms with Crippen molar-refractivity contribution >= 4 is 45.2 Å². The molecule has 35 heavy (non-hydrogen) atoms. The lowest BCUT2D eigenvalue weighted by atomic mass is 10.1. The molecule has 0 spiro atoms. The van der Waals surface area contributed by atoms with Gasteiger partial charge >= 0.3 is 12.3 Å². The number of benzene rings is 2. The number of halogens is 4. The van der Waals surface area contributed by atoms with Gasteiger partial charge in [0.2, 0.25) is 0 Å². The van der Waals surface area contributed by atoms with Crippen molar-refractivity contribution in [3.8, 4) is 5.69 Å². The molecule has 1 N–H and O–H groups in total. The van der Waals surface area contributed by atoms with E-state index in [0.29, 0.717) is 26.8 Å². The fourth-order valence-corrected chi connectivity index (χ4v) is 4.62. The largest absolute Gasteiger partial charge is 0.465 e. The number of rotatable bonds is 2. The molecule has 11 heteroatoms. The van der Waals surface area contributed by atoms with Crippen molar-refractivity contribution in [3.05, 3.63) is 75.7 Å². The molecule has 3 heterocycles. The number of fused-ring (bicyclic) bond motifs is 3. The van der Waals surface area contributed by atoms with Crippen LogP contribution in [0.25, 0.3) is 27.5 Å². The summed E-state index contributed by atoms with van der Waals surface area (Å²) in [6.07, 6.45) is -4.24. The van der Waals surface area contributed by atoms with Crippen LogP contribution in [0.15, 0.2) is 59.5 Å². The predicted molar refractivity (Wildman–Crippen MR) is 127 cm³/mol. The second-order valence-electron chi connectivity index (χ2n) is 8.19. The van der Waals surface area contributed by atoms with Crippen LogP contribution in [-0.4, -0.2) is 51.8 Å². The summed E-state index contributed by atoms with van der Waals surface area (Å²) in [7, 11) is 0. The van der Waals surface area contributed by atoms with E-state index in [1.165, 1.54) is 27.7 Å². The Morgan fingerprint density at radius 2 is 1.74 bits per heavy atom. The molecule has 0 atom stereocenters. The highest BCUT2D eigenvalue weighted by Gasteiger charge is 2.36. The number of pyridine rings is 2. The van der Waals surface area contributed by atoms with Crippen molar-refractivity contribution in [1.29, 1.82) is 0 Å². The highest BCUT2D eigenvalue weighted by atomic mass is 35.5. The molecule has 1 aliphatic heterocycles. The Morgan fingerprint density at radius 3 is 2.43 bits per heavy atom. The number of nitrogens with zero attached hydrogens (tertiary/aromatic N) is 4. The quantitative estimate of drug-likeness (QED) is 0.390. The van der Waals surface area contributed by atoms with Crippen molar-refractivity contribution in [2.75, 3.05) is 31.1 Å². The summed E-state index contributed by atoms with van der Waals surface area (Å²) < 4.78 is 43.8. The molecule has 1 amide bonds. The minimum absolute atomic E-state index is 0.0494. The Balaban J connectivity index is 1.69. The Labute approximate surface area is 201 Å². The van der Waals surface area contributed by atoms with Crippen molar-refractivity contribution in [2.24, 2.45) is 0 Å².